The fourth-order valence-electron chi connectivity index (χ4n) is 4.30. The molecule has 3 aromatic rings. The zero-order valence-corrected chi connectivity index (χ0v) is 15.5. The Kier molecular flexibility index (Phi) is 4.02. The predicted molar refractivity (Wildman–Crippen MR) is 98.9 cm³/mol. The number of fused-ring (bicyclic) bond motifs is 3. The molecule has 1 aliphatic carbocycles. The predicted octanol–water partition coefficient (Wildman–Crippen LogP) is 1.26. The molecule has 0 aromatic carbocycles. The van der Waals surface area contributed by atoms with Crippen LogP contribution in [0.4, 0.5) is 0 Å². The van der Waals surface area contributed by atoms with Crippen molar-refractivity contribution in [3.63, 3.8) is 0 Å². The van der Waals surface area contributed by atoms with Gasteiger partial charge in [-0.1, -0.05) is 12.8 Å². The monoisotopic (exact) mass is 359 g/mol. The lowest BCUT2D eigenvalue weighted by atomic mass is 10.2. The van der Waals surface area contributed by atoms with Crippen LogP contribution in [0.25, 0.3) is 16.9 Å². The molecule has 0 saturated heterocycles. The van der Waals surface area contributed by atoms with E-state index in [2.05, 4.69) is 11.5 Å². The van der Waals surface area contributed by atoms with Gasteiger partial charge in [0.1, 0.15) is 0 Å². The number of aliphatic hydroxyl groups excluding tert-OH is 1. The minimum Gasteiger partial charge on any atom is -0.396 e. The Bertz CT molecular complexity index is 1110. The number of rotatable bonds is 4. The summed E-state index contributed by atoms with van der Waals surface area (Å²) in [6.07, 6.45) is 5.02. The third-order valence-corrected chi connectivity index (χ3v) is 5.79. The van der Waals surface area contributed by atoms with Gasteiger partial charge in [0.15, 0.2) is 11.2 Å². The van der Waals surface area contributed by atoms with Crippen molar-refractivity contribution in [2.24, 2.45) is 7.05 Å². The molecule has 140 valence electrons. The van der Waals surface area contributed by atoms with E-state index >= 15 is 0 Å². The van der Waals surface area contributed by atoms with Crippen LogP contribution in [0.3, 0.4) is 0 Å². The number of aromatic nitrogens is 5. The SMILES string of the molecule is Cc1c(C)n2c3c(=O)n(CCCO)c(=O)n(C)c3nc2n1C1CCCC1. The summed E-state index contributed by atoms with van der Waals surface area (Å²) in [6.45, 7) is 4.20. The van der Waals surface area contributed by atoms with Crippen LogP contribution >= 0.6 is 0 Å². The van der Waals surface area contributed by atoms with Crippen molar-refractivity contribution in [2.75, 3.05) is 6.61 Å². The number of aliphatic hydroxyl groups is 1. The molecule has 1 N–H and O–H groups in total. The summed E-state index contributed by atoms with van der Waals surface area (Å²) in [5.74, 6) is 0.744. The normalized spacial score (nSPS) is 15.7. The van der Waals surface area contributed by atoms with E-state index in [1.807, 2.05) is 11.3 Å². The van der Waals surface area contributed by atoms with Crippen LogP contribution < -0.4 is 11.2 Å². The molecule has 3 aromatic heterocycles. The van der Waals surface area contributed by atoms with Gasteiger partial charge in [0.2, 0.25) is 5.78 Å². The van der Waals surface area contributed by atoms with Crippen LogP contribution in [0.1, 0.15) is 49.5 Å². The van der Waals surface area contributed by atoms with Gasteiger partial charge >= 0.3 is 5.69 Å². The number of hydrogen-bond acceptors (Lipinski definition) is 4. The van der Waals surface area contributed by atoms with Crippen molar-refractivity contribution in [1.29, 1.82) is 0 Å². The molecular weight excluding hydrogens is 334 g/mol. The lowest BCUT2D eigenvalue weighted by Crippen LogP contribution is -2.39. The molecule has 0 unspecified atom stereocenters. The van der Waals surface area contributed by atoms with Crippen molar-refractivity contribution in [2.45, 2.75) is 58.5 Å². The first-order valence-corrected chi connectivity index (χ1v) is 9.27. The molecule has 0 amide bonds. The summed E-state index contributed by atoms with van der Waals surface area (Å²) < 4.78 is 6.79. The fourth-order valence-corrected chi connectivity index (χ4v) is 4.30. The summed E-state index contributed by atoms with van der Waals surface area (Å²) in [6, 6.07) is 0.400. The summed E-state index contributed by atoms with van der Waals surface area (Å²) in [7, 11) is 1.65. The van der Waals surface area contributed by atoms with Crippen LogP contribution in [-0.4, -0.2) is 34.8 Å². The van der Waals surface area contributed by atoms with Gasteiger partial charge in [-0.05, 0) is 33.1 Å². The highest BCUT2D eigenvalue weighted by atomic mass is 16.3. The van der Waals surface area contributed by atoms with Crippen molar-refractivity contribution < 1.29 is 5.11 Å². The van der Waals surface area contributed by atoms with Crippen molar-refractivity contribution >= 4 is 16.9 Å². The standard InChI is InChI=1S/C18H25N5O3/c1-11-12(2)23-14-15(19-17(23)22(11)13-7-4-5-8-13)20(3)18(26)21(16(14)25)9-6-10-24/h13,24H,4-10H2,1-3H3. The summed E-state index contributed by atoms with van der Waals surface area (Å²) >= 11 is 0. The van der Waals surface area contributed by atoms with Crippen molar-refractivity contribution in [1.82, 2.24) is 23.1 Å². The molecule has 0 spiro atoms. The second-order valence-corrected chi connectivity index (χ2v) is 7.27. The summed E-state index contributed by atoms with van der Waals surface area (Å²) in [5, 5.41) is 9.08. The van der Waals surface area contributed by atoms with Gasteiger partial charge in [0, 0.05) is 37.6 Å². The molecule has 4 rings (SSSR count). The van der Waals surface area contributed by atoms with Gasteiger partial charge in [0.25, 0.3) is 5.56 Å². The minimum atomic E-state index is -0.390. The van der Waals surface area contributed by atoms with E-state index < -0.39 is 5.69 Å². The van der Waals surface area contributed by atoms with E-state index in [1.54, 1.807) is 7.05 Å². The molecule has 3 heterocycles. The molecule has 0 radical (unpaired) electrons. The second kappa shape index (κ2) is 6.12. The lowest BCUT2D eigenvalue weighted by molar-refractivity contribution is 0.277. The van der Waals surface area contributed by atoms with Gasteiger partial charge in [0.05, 0.1) is 0 Å². The molecule has 0 bridgehead atoms. The van der Waals surface area contributed by atoms with E-state index in [0.29, 0.717) is 23.6 Å². The van der Waals surface area contributed by atoms with Crippen LogP contribution in [0.5, 0.6) is 0 Å². The Morgan fingerprint density at radius 3 is 2.50 bits per heavy atom. The highest BCUT2D eigenvalue weighted by molar-refractivity contribution is 5.76. The lowest BCUT2D eigenvalue weighted by Gasteiger charge is -2.13. The molecule has 0 atom stereocenters. The zero-order valence-electron chi connectivity index (χ0n) is 15.5. The van der Waals surface area contributed by atoms with Gasteiger partial charge < -0.3 is 9.67 Å². The summed E-state index contributed by atoms with van der Waals surface area (Å²) in [5.41, 5.74) is 2.24. The van der Waals surface area contributed by atoms with Crippen molar-refractivity contribution in [3.8, 4) is 0 Å². The van der Waals surface area contributed by atoms with Crippen molar-refractivity contribution in [3.05, 3.63) is 32.2 Å². The van der Waals surface area contributed by atoms with Gasteiger partial charge in [-0.2, -0.15) is 4.98 Å². The maximum absolute atomic E-state index is 13.1. The first-order chi connectivity index (χ1) is 12.5. The Morgan fingerprint density at radius 1 is 1.15 bits per heavy atom. The zero-order chi connectivity index (χ0) is 18.6. The first kappa shape index (κ1) is 17.1. The Labute approximate surface area is 150 Å². The van der Waals surface area contributed by atoms with E-state index in [1.165, 1.54) is 22.0 Å². The maximum Gasteiger partial charge on any atom is 0.332 e. The van der Waals surface area contributed by atoms with Gasteiger partial charge in [-0.3, -0.25) is 18.3 Å². The molecule has 8 heteroatoms. The highest BCUT2D eigenvalue weighted by Crippen LogP contribution is 2.34. The van der Waals surface area contributed by atoms with Crippen LogP contribution in [0, 0.1) is 13.8 Å². The van der Waals surface area contributed by atoms with Gasteiger partial charge in [-0.15, -0.1) is 0 Å². The fraction of sp³-hybridized carbons (Fsp3) is 0.611. The number of nitrogens with zero attached hydrogens (tertiary/aromatic N) is 5. The minimum absolute atomic E-state index is 0.0638. The second-order valence-electron chi connectivity index (χ2n) is 7.27. The van der Waals surface area contributed by atoms with Crippen LogP contribution in [0.2, 0.25) is 0 Å². The highest BCUT2D eigenvalue weighted by Gasteiger charge is 2.27. The summed E-state index contributed by atoms with van der Waals surface area (Å²) in [4.78, 5) is 30.4. The molecule has 1 saturated carbocycles. The van der Waals surface area contributed by atoms with E-state index in [9.17, 15) is 9.59 Å². The molecular formula is C18H25N5O3. The van der Waals surface area contributed by atoms with E-state index in [-0.39, 0.29) is 18.7 Å². The number of imidazole rings is 2. The smallest absolute Gasteiger partial charge is 0.332 e. The van der Waals surface area contributed by atoms with Gasteiger partial charge in [-0.25, -0.2) is 4.79 Å². The quantitative estimate of drug-likeness (QED) is 0.760. The Balaban J connectivity index is 2.10. The molecule has 8 nitrogen and oxygen atoms in total. The average Bonchev–Trinajstić information content (AvgIpc) is 3.32. The Hall–Kier alpha value is -2.35. The van der Waals surface area contributed by atoms with E-state index in [4.69, 9.17) is 10.1 Å². The molecule has 1 fully saturated rings. The Morgan fingerprint density at radius 2 is 1.85 bits per heavy atom. The third-order valence-electron chi connectivity index (χ3n) is 5.79. The molecule has 0 aliphatic heterocycles. The number of aryl methyl sites for hydroxylation is 2. The third kappa shape index (κ3) is 2.21. The van der Waals surface area contributed by atoms with E-state index in [0.717, 1.165) is 30.0 Å². The topological polar surface area (TPSA) is 86.5 Å². The first-order valence-electron chi connectivity index (χ1n) is 9.27. The molecule has 1 aliphatic rings. The largest absolute Gasteiger partial charge is 0.396 e. The maximum atomic E-state index is 13.1. The number of hydrogen-bond donors (Lipinski definition) is 1. The average molecular weight is 359 g/mol. The van der Waals surface area contributed by atoms with Crippen LogP contribution in [-0.2, 0) is 13.6 Å². The van der Waals surface area contributed by atoms with Crippen LogP contribution in [0.15, 0.2) is 9.59 Å². The molecule has 26 heavy (non-hydrogen) atoms.